The second kappa shape index (κ2) is 8.96. The van der Waals surface area contributed by atoms with E-state index in [9.17, 15) is 4.79 Å². The van der Waals surface area contributed by atoms with Gasteiger partial charge in [-0.15, -0.1) is 0 Å². The topological polar surface area (TPSA) is 62.7 Å². The molecule has 1 saturated heterocycles. The Labute approximate surface area is 162 Å². The van der Waals surface area contributed by atoms with Gasteiger partial charge in [-0.25, -0.2) is 4.99 Å². The van der Waals surface area contributed by atoms with Crippen LogP contribution in [0, 0.1) is 6.92 Å². The molecular formula is C20H22BrN3O2. The van der Waals surface area contributed by atoms with Gasteiger partial charge in [0.1, 0.15) is 0 Å². The van der Waals surface area contributed by atoms with Gasteiger partial charge in [-0.1, -0.05) is 39.7 Å². The molecule has 6 heteroatoms. The van der Waals surface area contributed by atoms with Gasteiger partial charge in [-0.05, 0) is 50.1 Å². The van der Waals surface area contributed by atoms with Crippen LogP contribution in [0.3, 0.4) is 0 Å². The van der Waals surface area contributed by atoms with E-state index in [1.54, 1.807) is 0 Å². The van der Waals surface area contributed by atoms with Gasteiger partial charge in [0.25, 0.3) is 5.91 Å². The van der Waals surface area contributed by atoms with E-state index < -0.39 is 0 Å². The lowest BCUT2D eigenvalue weighted by atomic mass is 10.1. The number of anilines is 1. The summed E-state index contributed by atoms with van der Waals surface area (Å²) in [6.45, 7) is 3.29. The predicted molar refractivity (Wildman–Crippen MR) is 108 cm³/mol. The lowest BCUT2D eigenvalue weighted by Crippen LogP contribution is -2.36. The molecule has 26 heavy (non-hydrogen) atoms. The van der Waals surface area contributed by atoms with E-state index in [-0.39, 0.29) is 12.0 Å². The van der Waals surface area contributed by atoms with Crippen LogP contribution in [0.2, 0.25) is 0 Å². The third-order valence-electron chi connectivity index (χ3n) is 4.11. The summed E-state index contributed by atoms with van der Waals surface area (Å²) in [5.74, 6) is 0.225. The van der Waals surface area contributed by atoms with Crippen LogP contribution in [0.15, 0.2) is 58.0 Å². The number of halogens is 1. The van der Waals surface area contributed by atoms with Gasteiger partial charge in [-0.3, -0.25) is 10.1 Å². The minimum atomic E-state index is -0.196. The summed E-state index contributed by atoms with van der Waals surface area (Å²) in [5, 5.41) is 6.06. The Kier molecular flexibility index (Phi) is 6.41. The van der Waals surface area contributed by atoms with Gasteiger partial charge in [0.05, 0.1) is 12.6 Å². The van der Waals surface area contributed by atoms with Crippen molar-refractivity contribution >= 4 is 33.5 Å². The first-order valence-electron chi connectivity index (χ1n) is 8.67. The number of hydrogen-bond donors (Lipinski definition) is 2. The summed E-state index contributed by atoms with van der Waals surface area (Å²) < 4.78 is 6.57. The van der Waals surface area contributed by atoms with E-state index in [1.165, 1.54) is 0 Å². The fraction of sp³-hybridized carbons (Fsp3) is 0.300. The fourth-order valence-corrected chi connectivity index (χ4v) is 3.08. The maximum absolute atomic E-state index is 12.5. The lowest BCUT2D eigenvalue weighted by Gasteiger charge is -2.13. The first-order valence-corrected chi connectivity index (χ1v) is 9.46. The number of nitrogens with zero attached hydrogens (tertiary/aromatic N) is 1. The molecule has 1 amide bonds. The van der Waals surface area contributed by atoms with Crippen molar-refractivity contribution in [3.8, 4) is 0 Å². The average molecular weight is 416 g/mol. The van der Waals surface area contributed by atoms with Crippen LogP contribution in [-0.4, -0.2) is 31.1 Å². The van der Waals surface area contributed by atoms with Crippen LogP contribution in [0.5, 0.6) is 0 Å². The predicted octanol–water partition coefficient (Wildman–Crippen LogP) is 4.13. The van der Waals surface area contributed by atoms with Crippen molar-refractivity contribution < 1.29 is 9.53 Å². The van der Waals surface area contributed by atoms with Crippen molar-refractivity contribution in [2.75, 3.05) is 18.5 Å². The Morgan fingerprint density at radius 2 is 2.08 bits per heavy atom. The number of guanidine groups is 1. The number of ether oxygens (including phenoxy) is 1. The molecule has 136 valence electrons. The molecule has 1 heterocycles. The van der Waals surface area contributed by atoms with E-state index in [2.05, 4.69) is 31.6 Å². The quantitative estimate of drug-likeness (QED) is 0.582. The number of carbonyl (C=O) groups is 1. The van der Waals surface area contributed by atoms with Crippen LogP contribution >= 0.6 is 15.9 Å². The SMILES string of the molecule is Cc1ccc(C(=O)NC(=NC[C@H]2CCCO2)Nc2cccc(Br)c2)cc1. The maximum Gasteiger partial charge on any atom is 0.257 e. The summed E-state index contributed by atoms with van der Waals surface area (Å²) in [7, 11) is 0. The summed E-state index contributed by atoms with van der Waals surface area (Å²) in [6, 6.07) is 15.2. The van der Waals surface area contributed by atoms with E-state index in [0.29, 0.717) is 18.1 Å². The standard InChI is InChI=1S/C20H22BrN3O2/c1-14-7-9-15(10-8-14)19(25)24-20(22-13-18-6-3-11-26-18)23-17-5-2-4-16(21)12-17/h2,4-5,7-10,12,18H,3,6,11,13H2,1H3,(H2,22,23,24,25)/t18-/m1/s1. The van der Waals surface area contributed by atoms with Crippen molar-refractivity contribution in [2.24, 2.45) is 4.99 Å². The van der Waals surface area contributed by atoms with Gasteiger partial charge in [-0.2, -0.15) is 0 Å². The zero-order valence-corrected chi connectivity index (χ0v) is 16.3. The zero-order valence-electron chi connectivity index (χ0n) is 14.7. The van der Waals surface area contributed by atoms with Crippen molar-refractivity contribution in [2.45, 2.75) is 25.9 Å². The number of nitrogens with one attached hydrogen (secondary N) is 2. The molecule has 0 saturated carbocycles. The second-order valence-electron chi connectivity index (χ2n) is 6.28. The molecule has 0 radical (unpaired) electrons. The molecule has 1 atom stereocenters. The Bertz CT molecular complexity index is 784. The Morgan fingerprint density at radius 3 is 2.77 bits per heavy atom. The molecule has 1 aliphatic heterocycles. The number of rotatable bonds is 4. The van der Waals surface area contributed by atoms with Crippen LogP contribution in [-0.2, 0) is 4.74 Å². The van der Waals surface area contributed by atoms with Crippen molar-refractivity contribution in [3.05, 3.63) is 64.1 Å². The fourth-order valence-electron chi connectivity index (χ4n) is 2.68. The van der Waals surface area contributed by atoms with Gasteiger partial charge in [0.15, 0.2) is 0 Å². The lowest BCUT2D eigenvalue weighted by molar-refractivity contribution is 0.0975. The monoisotopic (exact) mass is 415 g/mol. The molecule has 2 aromatic rings. The Hall–Kier alpha value is -2.18. The number of hydrogen-bond acceptors (Lipinski definition) is 3. The van der Waals surface area contributed by atoms with Gasteiger partial charge < -0.3 is 10.1 Å². The van der Waals surface area contributed by atoms with Gasteiger partial charge in [0.2, 0.25) is 5.96 Å². The average Bonchev–Trinajstić information content (AvgIpc) is 3.14. The highest BCUT2D eigenvalue weighted by atomic mass is 79.9. The van der Waals surface area contributed by atoms with Gasteiger partial charge >= 0.3 is 0 Å². The van der Waals surface area contributed by atoms with Crippen molar-refractivity contribution in [3.63, 3.8) is 0 Å². The third-order valence-corrected chi connectivity index (χ3v) is 4.60. The van der Waals surface area contributed by atoms with E-state index >= 15 is 0 Å². The first kappa shape index (κ1) is 18.6. The van der Waals surface area contributed by atoms with Crippen LogP contribution in [0.1, 0.15) is 28.8 Å². The van der Waals surface area contributed by atoms with Crippen LogP contribution in [0.4, 0.5) is 5.69 Å². The molecule has 2 aromatic carbocycles. The van der Waals surface area contributed by atoms with Crippen molar-refractivity contribution in [1.82, 2.24) is 5.32 Å². The molecule has 0 aliphatic carbocycles. The molecule has 1 aliphatic rings. The molecule has 0 spiro atoms. The summed E-state index contributed by atoms with van der Waals surface area (Å²) in [5.41, 5.74) is 2.55. The summed E-state index contributed by atoms with van der Waals surface area (Å²) >= 11 is 3.45. The highest BCUT2D eigenvalue weighted by Crippen LogP contribution is 2.16. The number of amides is 1. The second-order valence-corrected chi connectivity index (χ2v) is 7.20. The minimum Gasteiger partial charge on any atom is -0.376 e. The normalized spacial score (nSPS) is 17.2. The van der Waals surface area contributed by atoms with Crippen molar-refractivity contribution in [1.29, 1.82) is 0 Å². The first-order chi connectivity index (χ1) is 12.6. The molecule has 0 bridgehead atoms. The highest BCUT2D eigenvalue weighted by Gasteiger charge is 2.16. The van der Waals surface area contributed by atoms with E-state index in [1.807, 2.05) is 55.5 Å². The molecular weight excluding hydrogens is 394 g/mol. The number of aryl methyl sites for hydroxylation is 1. The maximum atomic E-state index is 12.5. The van der Waals surface area contributed by atoms with Crippen LogP contribution < -0.4 is 10.6 Å². The molecule has 5 nitrogen and oxygen atoms in total. The highest BCUT2D eigenvalue weighted by molar-refractivity contribution is 9.10. The number of benzene rings is 2. The molecule has 1 fully saturated rings. The van der Waals surface area contributed by atoms with E-state index in [4.69, 9.17) is 4.74 Å². The Morgan fingerprint density at radius 1 is 1.27 bits per heavy atom. The molecule has 0 aromatic heterocycles. The van der Waals surface area contributed by atoms with Crippen LogP contribution in [0.25, 0.3) is 0 Å². The van der Waals surface area contributed by atoms with E-state index in [0.717, 1.165) is 35.2 Å². The minimum absolute atomic E-state index is 0.116. The molecule has 3 rings (SSSR count). The molecule has 0 unspecified atom stereocenters. The largest absolute Gasteiger partial charge is 0.376 e. The third kappa shape index (κ3) is 5.41. The Balaban J connectivity index is 1.73. The molecule has 2 N–H and O–H groups in total. The summed E-state index contributed by atoms with van der Waals surface area (Å²) in [4.78, 5) is 17.1. The number of aliphatic imine (C=N–C) groups is 1. The zero-order chi connectivity index (χ0) is 18.4. The number of carbonyl (C=O) groups excluding carboxylic acids is 1. The smallest absolute Gasteiger partial charge is 0.257 e. The summed E-state index contributed by atoms with van der Waals surface area (Å²) in [6.07, 6.45) is 2.18. The van der Waals surface area contributed by atoms with Gasteiger partial charge in [0, 0.05) is 22.3 Å².